The van der Waals surface area contributed by atoms with Gasteiger partial charge in [-0.25, -0.2) is 4.98 Å². The Morgan fingerprint density at radius 2 is 1.96 bits per heavy atom. The van der Waals surface area contributed by atoms with Gasteiger partial charge in [-0.1, -0.05) is 12.1 Å². The maximum atomic E-state index is 12.3. The van der Waals surface area contributed by atoms with Crippen molar-refractivity contribution in [1.29, 1.82) is 0 Å². The standard InChI is InChI=1S/C19H24N6O2/c20-17-11-23-16(10-24-17)13-3-5-14(6-4-13)19(27)22-7-9-25-8-1-2-15(12-25)18(21)26/h3-6,10-11,15H,1-2,7-9,12H2,(H2,20,24)(H2,21,26)(H,22,27)/t15-/m0/s1. The number of likely N-dealkylation sites (tertiary alicyclic amines) is 1. The molecule has 27 heavy (non-hydrogen) atoms. The van der Waals surface area contributed by atoms with E-state index in [0.29, 0.717) is 36.7 Å². The van der Waals surface area contributed by atoms with E-state index in [9.17, 15) is 9.59 Å². The van der Waals surface area contributed by atoms with Crippen LogP contribution in [0.2, 0.25) is 0 Å². The van der Waals surface area contributed by atoms with Crippen molar-refractivity contribution in [2.75, 3.05) is 31.9 Å². The van der Waals surface area contributed by atoms with Gasteiger partial charge in [0.25, 0.3) is 5.91 Å². The Kier molecular flexibility index (Phi) is 5.97. The number of primary amides is 1. The lowest BCUT2D eigenvalue weighted by Crippen LogP contribution is -2.44. The third-order valence-corrected chi connectivity index (χ3v) is 4.74. The molecule has 1 fully saturated rings. The van der Waals surface area contributed by atoms with Gasteiger partial charge in [0.2, 0.25) is 5.91 Å². The number of carbonyl (C=O) groups excluding carboxylic acids is 2. The molecule has 0 saturated carbocycles. The Labute approximate surface area is 158 Å². The van der Waals surface area contributed by atoms with E-state index in [1.807, 2.05) is 12.1 Å². The van der Waals surface area contributed by atoms with Crippen LogP contribution in [0.3, 0.4) is 0 Å². The van der Waals surface area contributed by atoms with Gasteiger partial charge in [-0.2, -0.15) is 0 Å². The molecule has 1 aromatic carbocycles. The van der Waals surface area contributed by atoms with Gasteiger partial charge < -0.3 is 21.7 Å². The number of hydrogen-bond donors (Lipinski definition) is 3. The van der Waals surface area contributed by atoms with Crippen molar-refractivity contribution < 1.29 is 9.59 Å². The van der Waals surface area contributed by atoms with Crippen LogP contribution in [-0.4, -0.2) is 52.9 Å². The first-order valence-corrected chi connectivity index (χ1v) is 9.01. The molecule has 5 N–H and O–H groups in total. The number of nitrogens with two attached hydrogens (primary N) is 2. The van der Waals surface area contributed by atoms with Crippen LogP contribution in [0, 0.1) is 5.92 Å². The van der Waals surface area contributed by atoms with Gasteiger partial charge in [-0.15, -0.1) is 0 Å². The molecule has 2 aromatic rings. The molecule has 1 atom stereocenters. The van der Waals surface area contributed by atoms with Crippen LogP contribution in [0.4, 0.5) is 5.82 Å². The van der Waals surface area contributed by atoms with Crippen LogP contribution in [0.25, 0.3) is 11.3 Å². The van der Waals surface area contributed by atoms with E-state index in [0.717, 1.165) is 24.9 Å². The molecule has 2 heterocycles. The fourth-order valence-electron chi connectivity index (χ4n) is 3.20. The van der Waals surface area contributed by atoms with E-state index in [4.69, 9.17) is 11.5 Å². The fraction of sp³-hybridized carbons (Fsp3) is 0.368. The summed E-state index contributed by atoms with van der Waals surface area (Å²) in [5.41, 5.74) is 13.1. The lowest BCUT2D eigenvalue weighted by atomic mass is 9.97. The molecule has 1 aliphatic rings. The topological polar surface area (TPSA) is 127 Å². The molecular formula is C19H24N6O2. The molecule has 1 aromatic heterocycles. The highest BCUT2D eigenvalue weighted by molar-refractivity contribution is 5.94. The van der Waals surface area contributed by atoms with Crippen molar-refractivity contribution in [3.8, 4) is 11.3 Å². The Hall–Kier alpha value is -3.00. The van der Waals surface area contributed by atoms with Crippen LogP contribution < -0.4 is 16.8 Å². The number of nitrogens with zero attached hydrogens (tertiary/aromatic N) is 3. The van der Waals surface area contributed by atoms with E-state index in [-0.39, 0.29) is 17.7 Å². The molecule has 0 bridgehead atoms. The second kappa shape index (κ2) is 8.59. The number of piperidine rings is 1. The normalized spacial score (nSPS) is 17.4. The van der Waals surface area contributed by atoms with E-state index in [1.165, 1.54) is 6.20 Å². The van der Waals surface area contributed by atoms with Crippen LogP contribution in [0.15, 0.2) is 36.7 Å². The molecule has 2 amide bonds. The summed E-state index contributed by atoms with van der Waals surface area (Å²) in [6.45, 7) is 2.82. The number of hydrogen-bond acceptors (Lipinski definition) is 6. The summed E-state index contributed by atoms with van der Waals surface area (Å²) in [4.78, 5) is 34.0. The fourth-order valence-corrected chi connectivity index (χ4v) is 3.20. The zero-order valence-corrected chi connectivity index (χ0v) is 15.1. The predicted molar refractivity (Wildman–Crippen MR) is 103 cm³/mol. The van der Waals surface area contributed by atoms with Crippen LogP contribution in [0.5, 0.6) is 0 Å². The minimum absolute atomic E-state index is 0.0848. The molecule has 0 unspecified atom stereocenters. The highest BCUT2D eigenvalue weighted by Gasteiger charge is 2.23. The second-order valence-corrected chi connectivity index (χ2v) is 6.70. The maximum Gasteiger partial charge on any atom is 0.251 e. The monoisotopic (exact) mass is 368 g/mol. The average molecular weight is 368 g/mol. The molecule has 8 heteroatoms. The number of aromatic nitrogens is 2. The van der Waals surface area contributed by atoms with Crippen LogP contribution >= 0.6 is 0 Å². The van der Waals surface area contributed by atoms with Crippen molar-refractivity contribution in [2.45, 2.75) is 12.8 Å². The number of benzene rings is 1. The zero-order chi connectivity index (χ0) is 19.2. The third kappa shape index (κ3) is 5.01. The third-order valence-electron chi connectivity index (χ3n) is 4.74. The smallest absolute Gasteiger partial charge is 0.251 e. The van der Waals surface area contributed by atoms with Crippen molar-refractivity contribution in [3.05, 3.63) is 42.2 Å². The Balaban J connectivity index is 1.49. The Morgan fingerprint density at radius 1 is 1.19 bits per heavy atom. The molecule has 0 spiro atoms. The summed E-state index contributed by atoms with van der Waals surface area (Å²) >= 11 is 0. The first-order valence-electron chi connectivity index (χ1n) is 9.01. The molecule has 8 nitrogen and oxygen atoms in total. The largest absolute Gasteiger partial charge is 0.382 e. The number of nitrogen functional groups attached to an aromatic ring is 1. The molecule has 0 radical (unpaired) electrons. The summed E-state index contributed by atoms with van der Waals surface area (Å²) in [5.74, 6) is -0.0907. The molecule has 3 rings (SSSR count). The summed E-state index contributed by atoms with van der Waals surface area (Å²) in [6.07, 6.45) is 4.90. The van der Waals surface area contributed by atoms with E-state index < -0.39 is 0 Å². The van der Waals surface area contributed by atoms with E-state index >= 15 is 0 Å². The summed E-state index contributed by atoms with van der Waals surface area (Å²) in [6, 6.07) is 7.17. The van der Waals surface area contributed by atoms with Gasteiger partial charge in [0.1, 0.15) is 5.82 Å². The van der Waals surface area contributed by atoms with Gasteiger partial charge in [0.05, 0.1) is 24.0 Å². The summed E-state index contributed by atoms with van der Waals surface area (Å²) in [7, 11) is 0. The zero-order valence-electron chi connectivity index (χ0n) is 15.1. The lowest BCUT2D eigenvalue weighted by Gasteiger charge is -2.31. The van der Waals surface area contributed by atoms with Gasteiger partial charge >= 0.3 is 0 Å². The van der Waals surface area contributed by atoms with Crippen molar-refractivity contribution in [1.82, 2.24) is 20.2 Å². The highest BCUT2D eigenvalue weighted by Crippen LogP contribution is 2.17. The van der Waals surface area contributed by atoms with Gasteiger partial charge in [-0.05, 0) is 31.5 Å². The quantitative estimate of drug-likeness (QED) is 0.687. The van der Waals surface area contributed by atoms with E-state index in [2.05, 4.69) is 20.2 Å². The van der Waals surface area contributed by atoms with Crippen LogP contribution in [-0.2, 0) is 4.79 Å². The molecule has 0 aliphatic carbocycles. The maximum absolute atomic E-state index is 12.3. The highest BCUT2D eigenvalue weighted by atomic mass is 16.2. The predicted octanol–water partition coefficient (Wildman–Crippen LogP) is 0.653. The number of amides is 2. The average Bonchev–Trinajstić information content (AvgIpc) is 2.69. The van der Waals surface area contributed by atoms with Crippen molar-refractivity contribution in [3.63, 3.8) is 0 Å². The lowest BCUT2D eigenvalue weighted by molar-refractivity contribution is -0.123. The molecule has 142 valence electrons. The SMILES string of the molecule is NC(=O)[C@H]1CCCN(CCNC(=O)c2ccc(-c3cnc(N)cn3)cc2)C1. The first kappa shape index (κ1) is 18.8. The van der Waals surface area contributed by atoms with E-state index in [1.54, 1.807) is 18.3 Å². The van der Waals surface area contributed by atoms with Gasteiger partial charge in [0.15, 0.2) is 0 Å². The molecule has 1 saturated heterocycles. The van der Waals surface area contributed by atoms with Crippen LogP contribution in [0.1, 0.15) is 23.2 Å². The van der Waals surface area contributed by atoms with Gasteiger partial charge in [0, 0.05) is 30.8 Å². The minimum atomic E-state index is -0.241. The number of nitrogens with one attached hydrogen (secondary N) is 1. The summed E-state index contributed by atoms with van der Waals surface area (Å²) in [5, 5.41) is 2.92. The number of carbonyl (C=O) groups is 2. The van der Waals surface area contributed by atoms with Crippen molar-refractivity contribution in [2.24, 2.45) is 11.7 Å². The number of rotatable bonds is 6. The van der Waals surface area contributed by atoms with Crippen molar-refractivity contribution >= 4 is 17.6 Å². The minimum Gasteiger partial charge on any atom is -0.382 e. The number of anilines is 1. The van der Waals surface area contributed by atoms with Gasteiger partial charge in [-0.3, -0.25) is 14.6 Å². The second-order valence-electron chi connectivity index (χ2n) is 6.70. The summed E-state index contributed by atoms with van der Waals surface area (Å²) < 4.78 is 0. The molecule has 1 aliphatic heterocycles. The Morgan fingerprint density at radius 3 is 2.63 bits per heavy atom. The molecular weight excluding hydrogens is 344 g/mol. The first-order chi connectivity index (χ1) is 13.0. The Bertz CT molecular complexity index is 791.